The van der Waals surface area contributed by atoms with Crippen molar-refractivity contribution in [2.75, 3.05) is 41.0 Å². The number of amides is 3. The summed E-state index contributed by atoms with van der Waals surface area (Å²) in [7, 11) is 4.48. The highest BCUT2D eigenvalue weighted by Crippen LogP contribution is 2.42. The van der Waals surface area contributed by atoms with Gasteiger partial charge in [0, 0.05) is 18.7 Å². The Labute approximate surface area is 167 Å². The Morgan fingerprint density at radius 2 is 1.75 bits per heavy atom. The highest BCUT2D eigenvalue weighted by atomic mass is 32.2. The van der Waals surface area contributed by atoms with Crippen molar-refractivity contribution in [2.24, 2.45) is 0 Å². The molecule has 2 fully saturated rings. The van der Waals surface area contributed by atoms with Crippen LogP contribution < -0.4 is 14.2 Å². The first kappa shape index (κ1) is 20.1. The summed E-state index contributed by atoms with van der Waals surface area (Å²) in [6.07, 6.45) is 3.46. The summed E-state index contributed by atoms with van der Waals surface area (Å²) in [5.41, 5.74) is 0.566. The van der Waals surface area contributed by atoms with E-state index in [2.05, 4.69) is 0 Å². The smallest absolute Gasteiger partial charge is 0.294 e. The highest BCUT2D eigenvalue weighted by molar-refractivity contribution is 8.18. The van der Waals surface area contributed by atoms with Gasteiger partial charge in [0.15, 0.2) is 11.5 Å². The van der Waals surface area contributed by atoms with Crippen LogP contribution in [-0.2, 0) is 9.59 Å². The zero-order chi connectivity index (χ0) is 20.3. The average Bonchev–Trinajstić information content (AvgIpc) is 3.32. The van der Waals surface area contributed by atoms with Gasteiger partial charge in [-0.05, 0) is 42.8 Å². The van der Waals surface area contributed by atoms with Crippen LogP contribution in [0.15, 0.2) is 17.0 Å². The molecule has 1 aromatic rings. The number of hydrogen-bond donors (Lipinski definition) is 0. The van der Waals surface area contributed by atoms with Crippen molar-refractivity contribution in [3.05, 3.63) is 22.6 Å². The molecule has 0 aliphatic carbocycles. The van der Waals surface area contributed by atoms with Crippen molar-refractivity contribution in [3.63, 3.8) is 0 Å². The fourth-order valence-corrected chi connectivity index (χ4v) is 4.05. The van der Waals surface area contributed by atoms with Crippen LogP contribution in [0.1, 0.15) is 18.4 Å². The number of ether oxygens (including phenoxy) is 3. The number of carbonyl (C=O) groups excluding carboxylic acids is 3. The molecular formula is C19H22N2O6S. The SMILES string of the molecule is COc1ccc(/C=C2\SC(=O)N(CC(=O)N3CCCC3)C2=O)c(OC)c1OC. The van der Waals surface area contributed by atoms with E-state index in [4.69, 9.17) is 14.2 Å². The van der Waals surface area contributed by atoms with Crippen LogP contribution in [0.25, 0.3) is 6.08 Å². The molecule has 0 spiro atoms. The zero-order valence-electron chi connectivity index (χ0n) is 16.0. The zero-order valence-corrected chi connectivity index (χ0v) is 16.8. The lowest BCUT2D eigenvalue weighted by Crippen LogP contribution is -2.40. The Balaban J connectivity index is 1.84. The Bertz CT molecular complexity index is 832. The quantitative estimate of drug-likeness (QED) is 0.671. The van der Waals surface area contributed by atoms with E-state index >= 15 is 0 Å². The van der Waals surface area contributed by atoms with E-state index in [0.717, 1.165) is 29.5 Å². The summed E-state index contributed by atoms with van der Waals surface area (Å²) >= 11 is 0.804. The van der Waals surface area contributed by atoms with Crippen molar-refractivity contribution >= 4 is 34.9 Å². The van der Waals surface area contributed by atoms with Crippen molar-refractivity contribution in [2.45, 2.75) is 12.8 Å². The van der Waals surface area contributed by atoms with E-state index in [-0.39, 0.29) is 17.4 Å². The van der Waals surface area contributed by atoms with Gasteiger partial charge in [-0.15, -0.1) is 0 Å². The third kappa shape index (κ3) is 3.80. The maximum atomic E-state index is 12.7. The summed E-state index contributed by atoms with van der Waals surface area (Å²) in [5, 5.41) is -0.455. The number of likely N-dealkylation sites (tertiary alicyclic amines) is 1. The minimum Gasteiger partial charge on any atom is -0.493 e. The van der Waals surface area contributed by atoms with Crippen LogP contribution in [0.3, 0.4) is 0 Å². The molecule has 2 heterocycles. The predicted molar refractivity (Wildman–Crippen MR) is 105 cm³/mol. The first-order chi connectivity index (χ1) is 13.5. The van der Waals surface area contributed by atoms with Gasteiger partial charge in [-0.2, -0.15) is 0 Å². The Kier molecular flexibility index (Phi) is 6.13. The molecule has 3 amide bonds. The second kappa shape index (κ2) is 8.55. The molecule has 28 heavy (non-hydrogen) atoms. The van der Waals surface area contributed by atoms with Gasteiger partial charge in [-0.1, -0.05) is 0 Å². The maximum Gasteiger partial charge on any atom is 0.294 e. The van der Waals surface area contributed by atoms with Crippen molar-refractivity contribution in [1.29, 1.82) is 0 Å². The van der Waals surface area contributed by atoms with Crippen LogP contribution >= 0.6 is 11.8 Å². The summed E-state index contributed by atoms with van der Waals surface area (Å²) < 4.78 is 16.0. The van der Waals surface area contributed by atoms with Crippen LogP contribution in [0.2, 0.25) is 0 Å². The molecule has 0 radical (unpaired) electrons. The van der Waals surface area contributed by atoms with Gasteiger partial charge in [-0.3, -0.25) is 19.3 Å². The fourth-order valence-electron chi connectivity index (χ4n) is 3.22. The van der Waals surface area contributed by atoms with Gasteiger partial charge >= 0.3 is 0 Å². The molecular weight excluding hydrogens is 384 g/mol. The molecule has 1 aromatic carbocycles. The summed E-state index contributed by atoms with van der Waals surface area (Å²) in [4.78, 5) is 40.2. The van der Waals surface area contributed by atoms with E-state index in [1.54, 1.807) is 23.1 Å². The van der Waals surface area contributed by atoms with Crippen LogP contribution in [0, 0.1) is 0 Å². The van der Waals surface area contributed by atoms with Gasteiger partial charge in [0.2, 0.25) is 11.7 Å². The van der Waals surface area contributed by atoms with E-state index < -0.39 is 11.1 Å². The number of methoxy groups -OCH3 is 3. The van der Waals surface area contributed by atoms with Gasteiger partial charge in [0.1, 0.15) is 6.54 Å². The molecule has 2 aliphatic heterocycles. The van der Waals surface area contributed by atoms with E-state index in [0.29, 0.717) is 35.9 Å². The van der Waals surface area contributed by atoms with E-state index in [1.165, 1.54) is 21.3 Å². The summed E-state index contributed by atoms with van der Waals surface area (Å²) in [6, 6.07) is 3.40. The second-order valence-corrected chi connectivity index (χ2v) is 7.27. The predicted octanol–water partition coefficient (Wildman–Crippen LogP) is 2.37. The van der Waals surface area contributed by atoms with Crippen molar-refractivity contribution < 1.29 is 28.6 Å². The Morgan fingerprint density at radius 1 is 1.07 bits per heavy atom. The number of carbonyl (C=O) groups is 3. The lowest BCUT2D eigenvalue weighted by atomic mass is 10.1. The first-order valence-electron chi connectivity index (χ1n) is 8.82. The van der Waals surface area contributed by atoms with Crippen LogP contribution in [-0.4, -0.2) is 67.8 Å². The Hall–Kier alpha value is -2.68. The average molecular weight is 406 g/mol. The topological polar surface area (TPSA) is 85.4 Å². The third-order valence-corrected chi connectivity index (χ3v) is 5.55. The lowest BCUT2D eigenvalue weighted by molar-refractivity contribution is -0.135. The van der Waals surface area contributed by atoms with Crippen LogP contribution in [0.4, 0.5) is 4.79 Å². The van der Waals surface area contributed by atoms with E-state index in [1.807, 2.05) is 0 Å². The monoisotopic (exact) mass is 406 g/mol. The molecule has 0 atom stereocenters. The van der Waals surface area contributed by atoms with Crippen LogP contribution in [0.5, 0.6) is 17.2 Å². The highest BCUT2D eigenvalue weighted by Gasteiger charge is 2.37. The molecule has 9 heteroatoms. The first-order valence-corrected chi connectivity index (χ1v) is 9.64. The molecule has 0 unspecified atom stereocenters. The summed E-state index contributed by atoms with van der Waals surface area (Å²) in [6.45, 7) is 1.12. The number of imide groups is 1. The number of benzene rings is 1. The second-order valence-electron chi connectivity index (χ2n) is 6.28. The number of nitrogens with zero attached hydrogens (tertiary/aromatic N) is 2. The van der Waals surface area contributed by atoms with Gasteiger partial charge < -0.3 is 19.1 Å². The Morgan fingerprint density at radius 3 is 2.36 bits per heavy atom. The molecule has 3 rings (SSSR count). The molecule has 8 nitrogen and oxygen atoms in total. The summed E-state index contributed by atoms with van der Waals surface area (Å²) in [5.74, 6) is 0.578. The minimum absolute atomic E-state index is 0.204. The molecule has 2 saturated heterocycles. The molecule has 0 bridgehead atoms. The van der Waals surface area contributed by atoms with Crippen molar-refractivity contribution in [1.82, 2.24) is 9.80 Å². The fraction of sp³-hybridized carbons (Fsp3) is 0.421. The molecule has 0 N–H and O–H groups in total. The van der Waals surface area contributed by atoms with E-state index in [9.17, 15) is 14.4 Å². The van der Waals surface area contributed by atoms with Gasteiger partial charge in [0.25, 0.3) is 11.1 Å². The molecule has 2 aliphatic rings. The lowest BCUT2D eigenvalue weighted by Gasteiger charge is -2.18. The van der Waals surface area contributed by atoms with Gasteiger partial charge in [0.05, 0.1) is 26.2 Å². The minimum atomic E-state index is -0.487. The molecule has 150 valence electrons. The largest absolute Gasteiger partial charge is 0.493 e. The number of thioether (sulfide) groups is 1. The molecule has 0 aromatic heterocycles. The third-order valence-electron chi connectivity index (χ3n) is 4.65. The standard InChI is InChI=1S/C19H22N2O6S/c1-25-13-7-6-12(16(26-2)17(13)27-3)10-14-18(23)21(19(24)28-14)11-15(22)20-8-4-5-9-20/h6-7,10H,4-5,8-9,11H2,1-3H3/b14-10-. The van der Waals surface area contributed by atoms with Gasteiger partial charge in [-0.25, -0.2) is 0 Å². The number of hydrogen-bond acceptors (Lipinski definition) is 7. The normalized spacial score (nSPS) is 18.2. The maximum absolute atomic E-state index is 12.7. The number of rotatable bonds is 6. The molecule has 0 saturated carbocycles. The van der Waals surface area contributed by atoms with Crippen molar-refractivity contribution in [3.8, 4) is 17.2 Å².